The molecule has 1 atom stereocenters. The second kappa shape index (κ2) is 9.08. The van der Waals surface area contributed by atoms with Crippen molar-refractivity contribution in [2.24, 2.45) is 0 Å². The molecule has 1 N–H and O–H groups in total. The Morgan fingerprint density at radius 1 is 1.08 bits per heavy atom. The Bertz CT molecular complexity index is 684. The maximum absolute atomic E-state index is 12.3. The van der Waals surface area contributed by atoms with Crippen LogP contribution in [0.4, 0.5) is 0 Å². The smallest absolute Gasteiger partial charge is 0.222 e. The lowest BCUT2D eigenvalue weighted by Gasteiger charge is -2.21. The zero-order chi connectivity index (χ0) is 18.2. The van der Waals surface area contributed by atoms with E-state index in [1.807, 2.05) is 42.5 Å². The van der Waals surface area contributed by atoms with Gasteiger partial charge in [-0.25, -0.2) is 0 Å². The first-order chi connectivity index (χ1) is 12.0. The standard InChI is InChI=1S/C20H25NO4/c1-21(14-19(22)16-5-4-6-18(13-16)25-3)20(23)12-9-15-7-10-17(24-2)11-8-15/h4-8,10-11,13,19,22H,9,12,14H2,1-3H3. The topological polar surface area (TPSA) is 59.0 Å². The Hall–Kier alpha value is -2.53. The van der Waals surface area contributed by atoms with Crippen LogP contribution in [0.15, 0.2) is 48.5 Å². The molecule has 2 rings (SSSR count). The molecule has 5 heteroatoms. The summed E-state index contributed by atoms with van der Waals surface area (Å²) < 4.78 is 10.3. The molecule has 0 heterocycles. The molecule has 0 aromatic heterocycles. The number of ether oxygens (including phenoxy) is 2. The number of rotatable bonds is 8. The van der Waals surface area contributed by atoms with Crippen molar-refractivity contribution in [2.75, 3.05) is 27.8 Å². The number of aliphatic hydroxyl groups excluding tert-OH is 1. The second-order valence-corrected chi connectivity index (χ2v) is 5.91. The molecule has 1 amide bonds. The van der Waals surface area contributed by atoms with Gasteiger partial charge in [0.2, 0.25) is 5.91 Å². The summed E-state index contributed by atoms with van der Waals surface area (Å²) in [7, 11) is 4.92. The van der Waals surface area contributed by atoms with E-state index in [0.717, 1.165) is 16.9 Å². The van der Waals surface area contributed by atoms with Crippen LogP contribution in [0.25, 0.3) is 0 Å². The number of carbonyl (C=O) groups is 1. The predicted molar refractivity (Wildman–Crippen MR) is 96.9 cm³/mol. The number of benzene rings is 2. The van der Waals surface area contributed by atoms with E-state index in [0.29, 0.717) is 18.6 Å². The van der Waals surface area contributed by atoms with Gasteiger partial charge in [0, 0.05) is 13.5 Å². The maximum atomic E-state index is 12.3. The Kier molecular flexibility index (Phi) is 6.83. The molecule has 0 aliphatic carbocycles. The SMILES string of the molecule is COc1ccc(CCC(=O)N(C)CC(O)c2cccc(OC)c2)cc1. The Morgan fingerprint density at radius 2 is 1.76 bits per heavy atom. The highest BCUT2D eigenvalue weighted by Gasteiger charge is 2.15. The first-order valence-corrected chi connectivity index (χ1v) is 8.22. The van der Waals surface area contributed by atoms with E-state index in [1.165, 1.54) is 0 Å². The molecular formula is C20H25NO4. The third kappa shape index (κ3) is 5.50. The normalized spacial score (nSPS) is 11.7. The van der Waals surface area contributed by atoms with Crippen molar-refractivity contribution in [1.82, 2.24) is 4.90 Å². The minimum Gasteiger partial charge on any atom is -0.497 e. The molecule has 134 valence electrons. The van der Waals surface area contributed by atoms with Crippen LogP contribution < -0.4 is 9.47 Å². The van der Waals surface area contributed by atoms with Crippen molar-refractivity contribution in [3.8, 4) is 11.5 Å². The lowest BCUT2D eigenvalue weighted by atomic mass is 10.1. The highest BCUT2D eigenvalue weighted by molar-refractivity contribution is 5.76. The average Bonchev–Trinajstić information content (AvgIpc) is 2.66. The first-order valence-electron chi connectivity index (χ1n) is 8.22. The van der Waals surface area contributed by atoms with E-state index in [2.05, 4.69) is 0 Å². The fourth-order valence-electron chi connectivity index (χ4n) is 2.55. The molecule has 0 aliphatic heterocycles. The summed E-state index contributed by atoms with van der Waals surface area (Å²) in [5.41, 5.74) is 1.81. The van der Waals surface area contributed by atoms with Crippen LogP contribution in [0.1, 0.15) is 23.7 Å². The predicted octanol–water partition coefficient (Wildman–Crippen LogP) is 2.83. The molecule has 0 saturated carbocycles. The van der Waals surface area contributed by atoms with Crippen LogP contribution in [0.3, 0.4) is 0 Å². The van der Waals surface area contributed by atoms with Crippen LogP contribution >= 0.6 is 0 Å². The number of likely N-dealkylation sites (N-methyl/N-ethyl adjacent to an activating group) is 1. The summed E-state index contributed by atoms with van der Waals surface area (Å²) in [6.07, 6.45) is 0.306. The van der Waals surface area contributed by atoms with Gasteiger partial charge >= 0.3 is 0 Å². The van der Waals surface area contributed by atoms with Gasteiger partial charge in [-0.15, -0.1) is 0 Å². The number of hydrogen-bond acceptors (Lipinski definition) is 4. The van der Waals surface area contributed by atoms with Gasteiger partial charge in [0.05, 0.1) is 26.9 Å². The van der Waals surface area contributed by atoms with Crippen LogP contribution in [0.2, 0.25) is 0 Å². The highest BCUT2D eigenvalue weighted by Crippen LogP contribution is 2.20. The van der Waals surface area contributed by atoms with Crippen LogP contribution in [-0.2, 0) is 11.2 Å². The molecular weight excluding hydrogens is 318 g/mol. The van der Waals surface area contributed by atoms with E-state index in [4.69, 9.17) is 9.47 Å². The number of carbonyl (C=O) groups excluding carboxylic acids is 1. The molecule has 0 bridgehead atoms. The van der Waals surface area contributed by atoms with Crippen LogP contribution in [0.5, 0.6) is 11.5 Å². The van der Waals surface area contributed by atoms with Crippen LogP contribution in [0, 0.1) is 0 Å². The summed E-state index contributed by atoms with van der Waals surface area (Å²) >= 11 is 0. The fourth-order valence-corrected chi connectivity index (χ4v) is 2.55. The minimum absolute atomic E-state index is 0.00207. The third-order valence-corrected chi connectivity index (χ3v) is 4.14. The number of amides is 1. The zero-order valence-corrected chi connectivity index (χ0v) is 14.9. The summed E-state index contributed by atoms with van der Waals surface area (Å²) in [5, 5.41) is 10.3. The largest absolute Gasteiger partial charge is 0.497 e. The van der Waals surface area contributed by atoms with E-state index < -0.39 is 6.10 Å². The number of hydrogen-bond donors (Lipinski definition) is 1. The van der Waals surface area contributed by atoms with Crippen molar-refractivity contribution in [2.45, 2.75) is 18.9 Å². The lowest BCUT2D eigenvalue weighted by Crippen LogP contribution is -2.31. The Morgan fingerprint density at radius 3 is 2.40 bits per heavy atom. The van der Waals surface area contributed by atoms with E-state index in [-0.39, 0.29) is 12.5 Å². The molecule has 5 nitrogen and oxygen atoms in total. The van der Waals surface area contributed by atoms with Gasteiger partial charge in [-0.05, 0) is 41.8 Å². The first kappa shape index (κ1) is 18.8. The van der Waals surface area contributed by atoms with Gasteiger partial charge in [0.1, 0.15) is 11.5 Å². The van der Waals surface area contributed by atoms with Gasteiger partial charge in [-0.2, -0.15) is 0 Å². The molecule has 2 aromatic rings. The van der Waals surface area contributed by atoms with Crippen molar-refractivity contribution >= 4 is 5.91 Å². The summed E-state index contributed by atoms with van der Waals surface area (Å²) in [5.74, 6) is 1.48. The van der Waals surface area contributed by atoms with E-state index >= 15 is 0 Å². The molecule has 0 aliphatic rings. The van der Waals surface area contributed by atoms with Gasteiger partial charge in [-0.3, -0.25) is 4.79 Å². The Balaban J connectivity index is 1.86. The van der Waals surface area contributed by atoms with Gasteiger partial charge in [0.15, 0.2) is 0 Å². The Labute approximate surface area is 148 Å². The molecule has 0 spiro atoms. The zero-order valence-electron chi connectivity index (χ0n) is 14.9. The summed E-state index contributed by atoms with van der Waals surface area (Å²) in [4.78, 5) is 13.9. The molecule has 2 aromatic carbocycles. The number of nitrogens with zero attached hydrogens (tertiary/aromatic N) is 1. The third-order valence-electron chi connectivity index (χ3n) is 4.14. The second-order valence-electron chi connectivity index (χ2n) is 5.91. The average molecular weight is 343 g/mol. The van der Waals surface area contributed by atoms with Crippen molar-refractivity contribution in [1.29, 1.82) is 0 Å². The van der Waals surface area contributed by atoms with E-state index in [1.54, 1.807) is 32.2 Å². The van der Waals surface area contributed by atoms with Crippen molar-refractivity contribution in [3.63, 3.8) is 0 Å². The lowest BCUT2D eigenvalue weighted by molar-refractivity contribution is -0.131. The van der Waals surface area contributed by atoms with Gasteiger partial charge in [-0.1, -0.05) is 24.3 Å². The molecule has 0 saturated heterocycles. The molecule has 0 fully saturated rings. The molecule has 1 unspecified atom stereocenters. The monoisotopic (exact) mass is 343 g/mol. The highest BCUT2D eigenvalue weighted by atomic mass is 16.5. The molecule has 25 heavy (non-hydrogen) atoms. The quantitative estimate of drug-likeness (QED) is 0.801. The van der Waals surface area contributed by atoms with Crippen molar-refractivity contribution in [3.05, 3.63) is 59.7 Å². The summed E-state index contributed by atoms with van der Waals surface area (Å²) in [6, 6.07) is 14.9. The molecule has 0 radical (unpaired) electrons. The van der Waals surface area contributed by atoms with Crippen molar-refractivity contribution < 1.29 is 19.4 Å². The van der Waals surface area contributed by atoms with Crippen LogP contribution in [-0.4, -0.2) is 43.7 Å². The fraction of sp³-hybridized carbons (Fsp3) is 0.350. The van der Waals surface area contributed by atoms with Gasteiger partial charge < -0.3 is 19.5 Å². The van der Waals surface area contributed by atoms with Gasteiger partial charge in [0.25, 0.3) is 0 Å². The van der Waals surface area contributed by atoms with E-state index in [9.17, 15) is 9.90 Å². The summed E-state index contributed by atoms with van der Waals surface area (Å²) in [6.45, 7) is 0.245. The minimum atomic E-state index is -0.745. The number of aliphatic hydroxyl groups is 1. The maximum Gasteiger partial charge on any atom is 0.222 e. The number of aryl methyl sites for hydroxylation is 1. The number of methoxy groups -OCH3 is 2.